The van der Waals surface area contributed by atoms with Gasteiger partial charge in [0.15, 0.2) is 0 Å². The molecule has 3 heterocycles. The van der Waals surface area contributed by atoms with E-state index >= 15 is 0 Å². The van der Waals surface area contributed by atoms with Gasteiger partial charge in [-0.3, -0.25) is 9.36 Å². The normalized spacial score (nSPS) is 19.2. The number of piperidine rings is 1. The Labute approximate surface area is 210 Å². The maximum Gasteiger partial charge on any atom is 0.326 e. The predicted octanol–water partition coefficient (Wildman–Crippen LogP) is 3.77. The third-order valence-electron chi connectivity index (χ3n) is 7.27. The third-order valence-corrected chi connectivity index (χ3v) is 7.27. The molecule has 2 fully saturated rings. The molecule has 3 aromatic rings. The van der Waals surface area contributed by atoms with Crippen molar-refractivity contribution >= 4 is 11.9 Å². The summed E-state index contributed by atoms with van der Waals surface area (Å²) in [5, 5.41) is 3.01. The number of hydrogen-bond donors (Lipinski definition) is 2. The first-order valence-corrected chi connectivity index (χ1v) is 12.8. The number of H-pyrrole nitrogens is 1. The first-order valence-electron chi connectivity index (χ1n) is 12.8. The number of rotatable bonds is 5. The molecule has 2 aliphatic rings. The largest absolute Gasteiger partial charge is 0.337 e. The first kappa shape index (κ1) is 23.9. The molecule has 1 aromatic heterocycles. The molecule has 3 amide bonds. The number of nitrogens with zero attached hydrogens (tertiary/aromatic N) is 3. The molecule has 5 rings (SSSR count). The lowest BCUT2D eigenvalue weighted by Crippen LogP contribution is -2.53. The molecule has 2 aliphatic heterocycles. The van der Waals surface area contributed by atoms with Crippen LogP contribution >= 0.6 is 0 Å². The number of urea groups is 1. The van der Waals surface area contributed by atoms with Crippen molar-refractivity contribution in [1.82, 2.24) is 24.7 Å². The number of amides is 3. The van der Waals surface area contributed by atoms with Crippen LogP contribution in [0.25, 0.3) is 11.3 Å². The molecule has 0 radical (unpaired) electrons. The number of aromatic amines is 1. The van der Waals surface area contributed by atoms with Gasteiger partial charge in [-0.05, 0) is 43.2 Å². The van der Waals surface area contributed by atoms with E-state index in [2.05, 4.69) is 10.3 Å². The predicted molar refractivity (Wildman–Crippen MR) is 138 cm³/mol. The molecule has 8 nitrogen and oxygen atoms in total. The fraction of sp³-hybridized carbons (Fsp3) is 0.393. The van der Waals surface area contributed by atoms with Crippen LogP contribution in [0.2, 0.25) is 0 Å². The number of nitrogens with one attached hydrogen (secondary N) is 2. The first-order chi connectivity index (χ1) is 17.6. The molecular weight excluding hydrogens is 454 g/mol. The number of benzene rings is 2. The van der Waals surface area contributed by atoms with E-state index in [9.17, 15) is 14.4 Å². The number of hydrogen-bond acceptors (Lipinski definition) is 3. The highest BCUT2D eigenvalue weighted by Crippen LogP contribution is 2.24. The summed E-state index contributed by atoms with van der Waals surface area (Å²) < 4.78 is 1.76. The Morgan fingerprint density at radius 2 is 1.58 bits per heavy atom. The van der Waals surface area contributed by atoms with Gasteiger partial charge in [0.2, 0.25) is 5.91 Å². The highest BCUT2D eigenvalue weighted by atomic mass is 16.2. The zero-order valence-corrected chi connectivity index (χ0v) is 20.4. The van der Waals surface area contributed by atoms with E-state index < -0.39 is 6.04 Å². The van der Waals surface area contributed by atoms with Gasteiger partial charge in [-0.2, -0.15) is 0 Å². The fourth-order valence-corrected chi connectivity index (χ4v) is 5.23. The molecule has 36 heavy (non-hydrogen) atoms. The van der Waals surface area contributed by atoms with E-state index in [0.29, 0.717) is 45.4 Å². The zero-order chi connectivity index (χ0) is 24.9. The van der Waals surface area contributed by atoms with Crippen LogP contribution in [0.4, 0.5) is 4.79 Å². The van der Waals surface area contributed by atoms with Crippen molar-refractivity contribution in [1.29, 1.82) is 0 Å². The molecule has 2 N–H and O–H groups in total. The minimum Gasteiger partial charge on any atom is -0.337 e. The van der Waals surface area contributed by atoms with Gasteiger partial charge >= 0.3 is 11.7 Å². The van der Waals surface area contributed by atoms with Gasteiger partial charge in [0, 0.05) is 38.4 Å². The SMILES string of the molecule is O=C(NC1CCCCN(Cc2ccccc2)C1=O)N1CCC(n2cc(-c3ccccc3)[nH]c2=O)CC1. The number of imidazole rings is 1. The Kier molecular flexibility index (Phi) is 7.21. The maximum atomic E-state index is 13.2. The average molecular weight is 488 g/mol. The Morgan fingerprint density at radius 1 is 0.889 bits per heavy atom. The quantitative estimate of drug-likeness (QED) is 0.574. The van der Waals surface area contributed by atoms with Gasteiger partial charge in [-0.15, -0.1) is 0 Å². The minimum atomic E-state index is -0.498. The van der Waals surface area contributed by atoms with Gasteiger partial charge in [0.1, 0.15) is 6.04 Å². The Bertz CT molecular complexity index is 1230. The van der Waals surface area contributed by atoms with Gasteiger partial charge in [-0.25, -0.2) is 9.59 Å². The standard InChI is InChI=1S/C28H33N5O3/c34-26-24(13-7-8-16-32(26)19-21-9-3-1-4-10-21)29-27(35)31-17-14-23(15-18-31)33-20-25(30-28(33)36)22-11-5-2-6-12-22/h1-6,9-12,20,23-24H,7-8,13-19H2,(H,29,35)(H,30,36). The van der Waals surface area contributed by atoms with Crippen molar-refractivity contribution in [2.75, 3.05) is 19.6 Å². The summed E-state index contributed by atoms with van der Waals surface area (Å²) in [6, 6.07) is 19.1. The second-order valence-electron chi connectivity index (χ2n) is 9.71. The van der Waals surface area contributed by atoms with E-state index in [1.165, 1.54) is 0 Å². The number of carbonyl (C=O) groups excluding carboxylic acids is 2. The highest BCUT2D eigenvalue weighted by Gasteiger charge is 2.31. The molecule has 0 aliphatic carbocycles. The van der Waals surface area contributed by atoms with Crippen LogP contribution in [0.15, 0.2) is 71.7 Å². The maximum absolute atomic E-state index is 13.2. The van der Waals surface area contributed by atoms with Crippen LogP contribution in [0, 0.1) is 0 Å². The molecule has 188 valence electrons. The Hall–Kier alpha value is -3.81. The summed E-state index contributed by atoms with van der Waals surface area (Å²) in [5.74, 6) is -0.00749. The minimum absolute atomic E-state index is 0.00749. The summed E-state index contributed by atoms with van der Waals surface area (Å²) >= 11 is 0. The number of aromatic nitrogens is 2. The fourth-order valence-electron chi connectivity index (χ4n) is 5.23. The van der Waals surface area contributed by atoms with Crippen molar-refractivity contribution in [2.45, 2.75) is 50.7 Å². The molecule has 0 spiro atoms. The Balaban J connectivity index is 1.17. The van der Waals surface area contributed by atoms with Crippen LogP contribution in [0.1, 0.15) is 43.7 Å². The van der Waals surface area contributed by atoms with E-state index in [0.717, 1.165) is 29.7 Å². The van der Waals surface area contributed by atoms with Crippen LogP contribution < -0.4 is 11.0 Å². The second kappa shape index (κ2) is 10.8. The lowest BCUT2D eigenvalue weighted by Gasteiger charge is -2.33. The third kappa shape index (κ3) is 5.37. The summed E-state index contributed by atoms with van der Waals surface area (Å²) in [6.45, 7) is 2.36. The molecule has 0 saturated carbocycles. The van der Waals surface area contributed by atoms with Gasteiger partial charge in [-0.1, -0.05) is 60.7 Å². The molecule has 2 aromatic carbocycles. The number of likely N-dealkylation sites (tertiary alicyclic amines) is 2. The van der Waals surface area contributed by atoms with E-state index in [1.54, 1.807) is 9.47 Å². The smallest absolute Gasteiger partial charge is 0.326 e. The van der Waals surface area contributed by atoms with Gasteiger partial charge in [0.05, 0.1) is 5.69 Å². The molecule has 8 heteroatoms. The van der Waals surface area contributed by atoms with Gasteiger partial charge in [0.25, 0.3) is 0 Å². The van der Waals surface area contributed by atoms with Crippen molar-refractivity contribution < 1.29 is 9.59 Å². The Morgan fingerprint density at radius 3 is 2.31 bits per heavy atom. The summed E-state index contributed by atoms with van der Waals surface area (Å²) in [5.41, 5.74) is 2.74. The number of carbonyl (C=O) groups is 2. The van der Waals surface area contributed by atoms with E-state index in [-0.39, 0.29) is 23.7 Å². The van der Waals surface area contributed by atoms with Crippen molar-refractivity contribution in [3.63, 3.8) is 0 Å². The summed E-state index contributed by atoms with van der Waals surface area (Å²) in [7, 11) is 0. The molecule has 1 unspecified atom stereocenters. The summed E-state index contributed by atoms with van der Waals surface area (Å²) in [4.78, 5) is 45.4. The zero-order valence-electron chi connectivity index (χ0n) is 20.4. The molecule has 2 saturated heterocycles. The van der Waals surface area contributed by atoms with Crippen molar-refractivity contribution in [2.24, 2.45) is 0 Å². The summed E-state index contributed by atoms with van der Waals surface area (Å²) in [6.07, 6.45) is 5.77. The lowest BCUT2D eigenvalue weighted by atomic mass is 10.0. The topological polar surface area (TPSA) is 90.4 Å². The molecule has 0 bridgehead atoms. The van der Waals surface area contributed by atoms with E-state index in [1.807, 2.05) is 71.8 Å². The van der Waals surface area contributed by atoms with E-state index in [4.69, 9.17) is 0 Å². The lowest BCUT2D eigenvalue weighted by molar-refractivity contribution is -0.133. The van der Waals surface area contributed by atoms with Crippen LogP contribution in [-0.4, -0.2) is 57.0 Å². The molecule has 1 atom stereocenters. The highest BCUT2D eigenvalue weighted by molar-refractivity contribution is 5.87. The van der Waals surface area contributed by atoms with Crippen molar-refractivity contribution in [3.8, 4) is 11.3 Å². The van der Waals surface area contributed by atoms with Gasteiger partial charge < -0.3 is 20.1 Å². The van der Waals surface area contributed by atoms with Crippen LogP contribution in [0.3, 0.4) is 0 Å². The second-order valence-corrected chi connectivity index (χ2v) is 9.71. The average Bonchev–Trinajstić information content (AvgIpc) is 3.23. The van der Waals surface area contributed by atoms with Crippen molar-refractivity contribution in [3.05, 3.63) is 82.9 Å². The van der Waals surface area contributed by atoms with Crippen LogP contribution in [0.5, 0.6) is 0 Å². The monoisotopic (exact) mass is 487 g/mol. The van der Waals surface area contributed by atoms with Crippen LogP contribution in [-0.2, 0) is 11.3 Å². The molecular formula is C28H33N5O3.